The number of benzene rings is 2. The second-order valence-electron chi connectivity index (χ2n) is 5.13. The third-order valence-corrected chi connectivity index (χ3v) is 4.61. The third-order valence-electron chi connectivity index (χ3n) is 3.53. The summed E-state index contributed by atoms with van der Waals surface area (Å²) in [5.74, 6) is 0.756. The highest BCUT2D eigenvalue weighted by Crippen LogP contribution is 2.25. The molecule has 4 nitrogen and oxygen atoms in total. The summed E-state index contributed by atoms with van der Waals surface area (Å²) >= 11 is 7.52. The molecule has 6 heteroatoms. The van der Waals surface area contributed by atoms with Crippen molar-refractivity contribution in [2.75, 3.05) is 5.32 Å². The number of halogens is 1. The van der Waals surface area contributed by atoms with E-state index in [9.17, 15) is 0 Å². The Hall–Kier alpha value is -2.37. The highest BCUT2D eigenvalue weighted by Gasteiger charge is 2.06. The third kappa shape index (κ3) is 3.06. The Morgan fingerprint density at radius 3 is 2.78 bits per heavy atom. The number of anilines is 1. The predicted molar refractivity (Wildman–Crippen MR) is 96.0 cm³/mol. The van der Waals surface area contributed by atoms with Gasteiger partial charge in [-0.15, -0.1) is 11.3 Å². The molecule has 0 aliphatic rings. The van der Waals surface area contributed by atoms with E-state index in [1.54, 1.807) is 11.3 Å². The van der Waals surface area contributed by atoms with Crippen LogP contribution in [0.2, 0.25) is 5.02 Å². The summed E-state index contributed by atoms with van der Waals surface area (Å²) in [6.07, 6.45) is 1.82. The summed E-state index contributed by atoms with van der Waals surface area (Å²) in [5.41, 5.74) is 4.18. The molecule has 2 aromatic carbocycles. The van der Waals surface area contributed by atoms with Gasteiger partial charge < -0.3 is 10.3 Å². The van der Waals surface area contributed by atoms with E-state index >= 15 is 0 Å². The maximum Gasteiger partial charge on any atom is 0.201 e. The molecular weight excluding hydrogens is 328 g/mol. The molecule has 4 rings (SSSR count). The molecule has 2 heterocycles. The van der Waals surface area contributed by atoms with Crippen LogP contribution in [0.3, 0.4) is 0 Å². The molecular formula is C17H13ClN4S. The first-order chi connectivity index (χ1) is 11.3. The molecule has 4 aromatic rings. The fourth-order valence-corrected chi connectivity index (χ4v) is 3.14. The van der Waals surface area contributed by atoms with Crippen LogP contribution in [-0.2, 0) is 6.54 Å². The average Bonchev–Trinajstić information content (AvgIpc) is 3.23. The predicted octanol–water partition coefficient (Wildman–Crippen LogP) is 4.95. The normalized spacial score (nSPS) is 11.0. The summed E-state index contributed by atoms with van der Waals surface area (Å²) in [4.78, 5) is 12.2. The fourth-order valence-electron chi connectivity index (χ4n) is 2.38. The van der Waals surface area contributed by atoms with E-state index in [0.29, 0.717) is 6.54 Å². The Labute approximate surface area is 142 Å². The second kappa shape index (κ2) is 6.02. The number of fused-ring (bicyclic) bond motifs is 1. The summed E-state index contributed by atoms with van der Waals surface area (Å²) in [6, 6.07) is 13.9. The molecule has 0 amide bonds. The van der Waals surface area contributed by atoms with Crippen molar-refractivity contribution in [1.82, 2.24) is 15.0 Å². The first-order valence-corrected chi connectivity index (χ1v) is 8.42. The SMILES string of the molecule is Clc1ccc(CNc2nc3ccc(-c4nccs4)cc3[nH]2)cc1. The van der Waals surface area contributed by atoms with Crippen molar-refractivity contribution in [3.8, 4) is 10.6 Å². The molecule has 114 valence electrons. The number of rotatable bonds is 4. The van der Waals surface area contributed by atoms with Crippen molar-refractivity contribution in [3.05, 3.63) is 64.6 Å². The number of nitrogens with one attached hydrogen (secondary N) is 2. The smallest absolute Gasteiger partial charge is 0.201 e. The van der Waals surface area contributed by atoms with Crippen molar-refractivity contribution in [2.24, 2.45) is 0 Å². The van der Waals surface area contributed by atoms with Gasteiger partial charge in [0, 0.05) is 28.7 Å². The molecule has 0 atom stereocenters. The number of imidazole rings is 1. The maximum atomic E-state index is 5.90. The summed E-state index contributed by atoms with van der Waals surface area (Å²) < 4.78 is 0. The number of aromatic nitrogens is 3. The molecule has 0 bridgehead atoms. The van der Waals surface area contributed by atoms with E-state index in [0.717, 1.165) is 38.1 Å². The van der Waals surface area contributed by atoms with Crippen LogP contribution < -0.4 is 5.32 Å². The minimum atomic E-state index is 0.691. The number of nitrogens with zero attached hydrogens (tertiary/aromatic N) is 2. The molecule has 0 radical (unpaired) electrons. The topological polar surface area (TPSA) is 53.6 Å². The summed E-state index contributed by atoms with van der Waals surface area (Å²) in [7, 11) is 0. The lowest BCUT2D eigenvalue weighted by Crippen LogP contribution is -2.00. The first kappa shape index (κ1) is 14.2. The van der Waals surface area contributed by atoms with E-state index in [2.05, 4.69) is 26.3 Å². The van der Waals surface area contributed by atoms with E-state index in [1.165, 1.54) is 0 Å². The molecule has 0 spiro atoms. The van der Waals surface area contributed by atoms with Gasteiger partial charge in [0.05, 0.1) is 11.0 Å². The van der Waals surface area contributed by atoms with E-state index < -0.39 is 0 Å². The lowest BCUT2D eigenvalue weighted by molar-refractivity contribution is 1.10. The van der Waals surface area contributed by atoms with Crippen molar-refractivity contribution >= 4 is 39.9 Å². The molecule has 0 aliphatic carbocycles. The van der Waals surface area contributed by atoms with E-state index in [1.807, 2.05) is 48.0 Å². The van der Waals surface area contributed by atoms with Gasteiger partial charge in [0.1, 0.15) is 5.01 Å². The molecule has 0 saturated heterocycles. The lowest BCUT2D eigenvalue weighted by Gasteiger charge is -2.02. The highest BCUT2D eigenvalue weighted by atomic mass is 35.5. The van der Waals surface area contributed by atoms with E-state index in [-0.39, 0.29) is 0 Å². The minimum Gasteiger partial charge on any atom is -0.352 e. The van der Waals surface area contributed by atoms with Crippen LogP contribution in [0, 0.1) is 0 Å². The highest BCUT2D eigenvalue weighted by molar-refractivity contribution is 7.13. The van der Waals surface area contributed by atoms with Crippen molar-refractivity contribution < 1.29 is 0 Å². The summed E-state index contributed by atoms with van der Waals surface area (Å²) in [5, 5.41) is 7.03. The first-order valence-electron chi connectivity index (χ1n) is 7.16. The van der Waals surface area contributed by atoms with Crippen molar-refractivity contribution in [2.45, 2.75) is 6.54 Å². The number of hydrogen-bond acceptors (Lipinski definition) is 4. The number of hydrogen-bond donors (Lipinski definition) is 2. The zero-order chi connectivity index (χ0) is 15.6. The van der Waals surface area contributed by atoms with Gasteiger partial charge in [0.15, 0.2) is 0 Å². The van der Waals surface area contributed by atoms with Gasteiger partial charge in [0.25, 0.3) is 0 Å². The van der Waals surface area contributed by atoms with Crippen LogP contribution in [-0.4, -0.2) is 15.0 Å². The number of aromatic amines is 1. The van der Waals surface area contributed by atoms with Gasteiger partial charge in [0.2, 0.25) is 5.95 Å². The molecule has 0 unspecified atom stereocenters. The molecule has 2 aromatic heterocycles. The van der Waals surface area contributed by atoms with Crippen molar-refractivity contribution in [3.63, 3.8) is 0 Å². The van der Waals surface area contributed by atoms with Crippen LogP contribution in [0.15, 0.2) is 54.0 Å². The molecule has 0 fully saturated rings. The molecule has 23 heavy (non-hydrogen) atoms. The van der Waals surface area contributed by atoms with Gasteiger partial charge >= 0.3 is 0 Å². The van der Waals surface area contributed by atoms with E-state index in [4.69, 9.17) is 11.6 Å². The lowest BCUT2D eigenvalue weighted by atomic mass is 10.2. The maximum absolute atomic E-state index is 5.90. The zero-order valence-corrected chi connectivity index (χ0v) is 13.7. The Balaban J connectivity index is 1.55. The number of H-pyrrole nitrogens is 1. The molecule has 0 saturated carbocycles. The number of thiazole rings is 1. The van der Waals surface area contributed by atoms with Crippen LogP contribution in [0.4, 0.5) is 5.95 Å². The van der Waals surface area contributed by atoms with Crippen LogP contribution in [0.1, 0.15) is 5.56 Å². The second-order valence-corrected chi connectivity index (χ2v) is 6.47. The standard InChI is InChI=1S/C17H13ClN4S/c18-13-4-1-11(2-5-13)10-20-17-21-14-6-3-12(9-15(14)22-17)16-19-7-8-23-16/h1-9H,10H2,(H2,20,21,22). The van der Waals surface area contributed by atoms with Gasteiger partial charge in [-0.1, -0.05) is 23.7 Å². The van der Waals surface area contributed by atoms with Crippen molar-refractivity contribution in [1.29, 1.82) is 0 Å². The van der Waals surface area contributed by atoms with Gasteiger partial charge in [-0.25, -0.2) is 9.97 Å². The van der Waals surface area contributed by atoms with Gasteiger partial charge in [-0.05, 0) is 35.9 Å². The zero-order valence-electron chi connectivity index (χ0n) is 12.1. The minimum absolute atomic E-state index is 0.691. The molecule has 2 N–H and O–H groups in total. The van der Waals surface area contributed by atoms with Crippen LogP contribution >= 0.6 is 22.9 Å². The Kier molecular flexibility index (Phi) is 3.73. The Morgan fingerprint density at radius 1 is 1.13 bits per heavy atom. The summed E-state index contributed by atoms with van der Waals surface area (Å²) in [6.45, 7) is 0.691. The van der Waals surface area contributed by atoms with Gasteiger partial charge in [-0.2, -0.15) is 0 Å². The van der Waals surface area contributed by atoms with Crippen LogP contribution in [0.5, 0.6) is 0 Å². The quantitative estimate of drug-likeness (QED) is 0.552. The Bertz CT molecular complexity index is 929. The Morgan fingerprint density at radius 2 is 2.00 bits per heavy atom. The van der Waals surface area contributed by atoms with Crippen LogP contribution in [0.25, 0.3) is 21.6 Å². The monoisotopic (exact) mass is 340 g/mol. The molecule has 0 aliphatic heterocycles. The largest absolute Gasteiger partial charge is 0.352 e. The van der Waals surface area contributed by atoms with Gasteiger partial charge in [-0.3, -0.25) is 0 Å². The fraction of sp³-hybridized carbons (Fsp3) is 0.0588. The average molecular weight is 341 g/mol.